The van der Waals surface area contributed by atoms with Crippen LogP contribution in [0.15, 0.2) is 69.9 Å². The summed E-state index contributed by atoms with van der Waals surface area (Å²) in [4.78, 5) is 22.7. The van der Waals surface area contributed by atoms with Gasteiger partial charge in [0, 0.05) is 28.6 Å². The van der Waals surface area contributed by atoms with Crippen molar-refractivity contribution in [3.8, 4) is 5.69 Å². The number of thiazole rings is 1. The van der Waals surface area contributed by atoms with Gasteiger partial charge in [0.05, 0.1) is 16.7 Å². The van der Waals surface area contributed by atoms with E-state index in [2.05, 4.69) is 46.8 Å². The van der Waals surface area contributed by atoms with Gasteiger partial charge in [-0.25, -0.2) is 9.97 Å². The summed E-state index contributed by atoms with van der Waals surface area (Å²) < 4.78 is 3.83. The standard InChI is InChI=1S/C22H18N4OS2/c1-14-6-5-7-17(10-14)26-19-9-4-3-8-18(19)24-22(26)29-13-16-11-20(27)25-15(2)12-28-21(25)23-16/h3-12H,13H2,1-2H3. The lowest BCUT2D eigenvalue weighted by Gasteiger charge is -2.10. The third-order valence-corrected chi connectivity index (χ3v) is 6.68. The van der Waals surface area contributed by atoms with Crippen molar-refractivity contribution >= 4 is 39.1 Å². The van der Waals surface area contributed by atoms with Gasteiger partial charge in [0.2, 0.25) is 0 Å². The van der Waals surface area contributed by atoms with Crippen LogP contribution in [0.5, 0.6) is 0 Å². The van der Waals surface area contributed by atoms with E-state index in [1.54, 1.807) is 22.2 Å². The molecule has 29 heavy (non-hydrogen) atoms. The molecule has 0 bridgehead atoms. The van der Waals surface area contributed by atoms with E-state index >= 15 is 0 Å². The Bertz CT molecular complexity index is 1410. The Balaban J connectivity index is 1.56. The second-order valence-electron chi connectivity index (χ2n) is 6.93. The topological polar surface area (TPSA) is 52.2 Å². The van der Waals surface area contributed by atoms with Crippen molar-refractivity contribution in [3.63, 3.8) is 0 Å². The maximum Gasteiger partial charge on any atom is 0.258 e. The van der Waals surface area contributed by atoms with Crippen LogP contribution in [0.3, 0.4) is 0 Å². The summed E-state index contributed by atoms with van der Waals surface area (Å²) in [6, 6.07) is 18.2. The largest absolute Gasteiger partial charge is 0.287 e. The third-order valence-electron chi connectivity index (χ3n) is 4.77. The lowest BCUT2D eigenvalue weighted by molar-refractivity contribution is 0.915. The summed E-state index contributed by atoms with van der Waals surface area (Å²) in [7, 11) is 0. The van der Waals surface area contributed by atoms with Crippen LogP contribution in [0, 0.1) is 13.8 Å². The molecule has 0 radical (unpaired) electrons. The Kier molecular flexibility index (Phi) is 4.49. The number of aryl methyl sites for hydroxylation is 2. The predicted octanol–water partition coefficient (Wildman–Crippen LogP) is 5.00. The molecule has 0 fully saturated rings. The third kappa shape index (κ3) is 3.26. The minimum atomic E-state index is -0.0310. The SMILES string of the molecule is Cc1cccc(-n2c(SCc3cc(=O)n4c(C)csc4n3)nc3ccccc32)c1. The van der Waals surface area contributed by atoms with Crippen molar-refractivity contribution in [1.29, 1.82) is 0 Å². The summed E-state index contributed by atoms with van der Waals surface area (Å²) in [6.45, 7) is 4.01. The second-order valence-corrected chi connectivity index (χ2v) is 8.71. The van der Waals surface area contributed by atoms with Crippen molar-refractivity contribution < 1.29 is 0 Å². The molecule has 2 aromatic carbocycles. The predicted molar refractivity (Wildman–Crippen MR) is 119 cm³/mol. The van der Waals surface area contributed by atoms with E-state index in [4.69, 9.17) is 4.98 Å². The summed E-state index contributed by atoms with van der Waals surface area (Å²) >= 11 is 3.09. The summed E-state index contributed by atoms with van der Waals surface area (Å²) in [5.41, 5.74) is 5.96. The highest BCUT2D eigenvalue weighted by Gasteiger charge is 2.14. The fraction of sp³-hybridized carbons (Fsp3) is 0.136. The van der Waals surface area contributed by atoms with E-state index in [0.717, 1.165) is 38.2 Å². The molecule has 3 aromatic heterocycles. The van der Waals surface area contributed by atoms with E-state index < -0.39 is 0 Å². The number of hydrogen-bond acceptors (Lipinski definition) is 5. The monoisotopic (exact) mass is 418 g/mol. The van der Waals surface area contributed by atoms with Crippen molar-refractivity contribution in [2.75, 3.05) is 0 Å². The average Bonchev–Trinajstić information content (AvgIpc) is 3.27. The van der Waals surface area contributed by atoms with Crippen LogP contribution in [0.2, 0.25) is 0 Å². The van der Waals surface area contributed by atoms with Crippen LogP contribution in [-0.4, -0.2) is 18.9 Å². The van der Waals surface area contributed by atoms with Gasteiger partial charge in [-0.15, -0.1) is 11.3 Å². The molecule has 0 N–H and O–H groups in total. The van der Waals surface area contributed by atoms with Crippen molar-refractivity contribution in [1.82, 2.24) is 18.9 Å². The number of imidazole rings is 1. The average molecular weight is 419 g/mol. The maximum atomic E-state index is 12.5. The molecule has 0 aliphatic rings. The maximum absolute atomic E-state index is 12.5. The normalized spacial score (nSPS) is 11.5. The van der Waals surface area contributed by atoms with E-state index in [0.29, 0.717) is 5.75 Å². The number of hydrogen-bond donors (Lipinski definition) is 0. The fourth-order valence-corrected chi connectivity index (χ4v) is 5.24. The number of para-hydroxylation sites is 2. The first kappa shape index (κ1) is 18.1. The van der Waals surface area contributed by atoms with Crippen LogP contribution in [-0.2, 0) is 5.75 Å². The van der Waals surface area contributed by atoms with Gasteiger partial charge in [-0.05, 0) is 43.7 Å². The number of nitrogens with zero attached hydrogens (tertiary/aromatic N) is 4. The molecule has 0 aliphatic heterocycles. The molecule has 0 unspecified atom stereocenters. The number of benzene rings is 2. The lowest BCUT2D eigenvalue weighted by Crippen LogP contribution is -2.14. The molecule has 5 rings (SSSR count). The first-order chi connectivity index (χ1) is 14.1. The van der Waals surface area contributed by atoms with Gasteiger partial charge in [0.25, 0.3) is 5.56 Å². The van der Waals surface area contributed by atoms with Gasteiger partial charge in [-0.2, -0.15) is 0 Å². The molecule has 0 spiro atoms. The van der Waals surface area contributed by atoms with Crippen LogP contribution < -0.4 is 5.56 Å². The Hall–Kier alpha value is -2.90. The molecule has 7 heteroatoms. The van der Waals surface area contributed by atoms with Crippen molar-refractivity contribution in [3.05, 3.63) is 87.3 Å². The van der Waals surface area contributed by atoms with Crippen LogP contribution in [0.4, 0.5) is 0 Å². The van der Waals surface area contributed by atoms with E-state index in [1.165, 1.54) is 16.9 Å². The van der Waals surface area contributed by atoms with Crippen LogP contribution >= 0.6 is 23.1 Å². The quantitative estimate of drug-likeness (QED) is 0.385. The van der Waals surface area contributed by atoms with Crippen molar-refractivity contribution in [2.24, 2.45) is 0 Å². The zero-order chi connectivity index (χ0) is 20.0. The van der Waals surface area contributed by atoms with Crippen LogP contribution in [0.25, 0.3) is 21.7 Å². The molecule has 144 valence electrons. The zero-order valence-electron chi connectivity index (χ0n) is 16.0. The molecule has 3 heterocycles. The van der Waals surface area contributed by atoms with E-state index in [-0.39, 0.29) is 5.56 Å². The summed E-state index contributed by atoms with van der Waals surface area (Å²) in [5, 5.41) is 2.85. The highest BCUT2D eigenvalue weighted by Crippen LogP contribution is 2.30. The summed E-state index contributed by atoms with van der Waals surface area (Å²) in [6.07, 6.45) is 0. The molecular weight excluding hydrogens is 400 g/mol. The molecule has 5 nitrogen and oxygen atoms in total. The van der Waals surface area contributed by atoms with Crippen molar-refractivity contribution in [2.45, 2.75) is 24.8 Å². The number of fused-ring (bicyclic) bond motifs is 2. The first-order valence-electron chi connectivity index (χ1n) is 9.24. The Morgan fingerprint density at radius 1 is 1.03 bits per heavy atom. The fourth-order valence-electron chi connectivity index (χ4n) is 3.43. The lowest BCUT2D eigenvalue weighted by atomic mass is 10.2. The number of aromatic nitrogens is 4. The highest BCUT2D eigenvalue weighted by atomic mass is 32.2. The first-order valence-corrected chi connectivity index (χ1v) is 11.1. The van der Waals surface area contributed by atoms with Gasteiger partial charge < -0.3 is 0 Å². The van der Waals surface area contributed by atoms with Gasteiger partial charge in [0.15, 0.2) is 10.1 Å². The van der Waals surface area contributed by atoms with E-state index in [1.807, 2.05) is 30.5 Å². The molecule has 0 aliphatic carbocycles. The molecule has 0 saturated heterocycles. The zero-order valence-corrected chi connectivity index (χ0v) is 17.6. The molecule has 0 saturated carbocycles. The number of thioether (sulfide) groups is 1. The minimum absolute atomic E-state index is 0.0310. The van der Waals surface area contributed by atoms with Crippen LogP contribution in [0.1, 0.15) is 17.0 Å². The molecule has 0 amide bonds. The number of rotatable bonds is 4. The van der Waals surface area contributed by atoms with Gasteiger partial charge in [-0.3, -0.25) is 13.8 Å². The smallest absolute Gasteiger partial charge is 0.258 e. The van der Waals surface area contributed by atoms with Gasteiger partial charge in [0.1, 0.15) is 0 Å². The van der Waals surface area contributed by atoms with Gasteiger partial charge >= 0.3 is 0 Å². The van der Waals surface area contributed by atoms with E-state index in [9.17, 15) is 4.79 Å². The molecular formula is C22H18N4OS2. The molecule has 5 aromatic rings. The summed E-state index contributed by atoms with van der Waals surface area (Å²) in [5.74, 6) is 0.581. The minimum Gasteiger partial charge on any atom is -0.287 e. The van der Waals surface area contributed by atoms with Gasteiger partial charge in [-0.1, -0.05) is 36.0 Å². The molecule has 0 atom stereocenters. The second kappa shape index (κ2) is 7.17. The Morgan fingerprint density at radius 2 is 1.90 bits per heavy atom. The highest BCUT2D eigenvalue weighted by molar-refractivity contribution is 7.98. The Labute approximate surface area is 175 Å². The Morgan fingerprint density at radius 3 is 2.76 bits per heavy atom.